The molecule has 0 aliphatic heterocycles. The Morgan fingerprint density at radius 2 is 2.24 bits per heavy atom. The average Bonchev–Trinajstić information content (AvgIpc) is 2.68. The number of thiophene rings is 1. The molecule has 1 aromatic heterocycles. The summed E-state index contributed by atoms with van der Waals surface area (Å²) >= 11 is 7.61. The molecule has 0 aliphatic carbocycles. The molecule has 0 aliphatic rings. The van der Waals surface area contributed by atoms with Crippen molar-refractivity contribution in [2.24, 2.45) is 0 Å². The lowest BCUT2D eigenvalue weighted by Gasteiger charge is -2.00. The van der Waals surface area contributed by atoms with Gasteiger partial charge in [-0.3, -0.25) is 4.79 Å². The van der Waals surface area contributed by atoms with E-state index < -0.39 is 0 Å². The SMILES string of the molecule is C=CCCNC(=O)c1sc2ccccc2c1Cl. The summed E-state index contributed by atoms with van der Waals surface area (Å²) in [6.45, 7) is 4.20. The fourth-order valence-electron chi connectivity index (χ4n) is 1.53. The minimum atomic E-state index is -0.113. The highest BCUT2D eigenvalue weighted by Gasteiger charge is 2.15. The summed E-state index contributed by atoms with van der Waals surface area (Å²) in [5, 5.41) is 4.30. The van der Waals surface area contributed by atoms with Crippen LogP contribution in [0.4, 0.5) is 0 Å². The largest absolute Gasteiger partial charge is 0.351 e. The number of hydrogen-bond donors (Lipinski definition) is 1. The lowest BCUT2D eigenvalue weighted by atomic mass is 10.2. The number of halogens is 1. The number of benzene rings is 1. The lowest BCUT2D eigenvalue weighted by Crippen LogP contribution is -2.23. The number of rotatable bonds is 4. The normalized spacial score (nSPS) is 10.4. The van der Waals surface area contributed by atoms with Gasteiger partial charge in [0, 0.05) is 16.6 Å². The third-order valence-electron chi connectivity index (χ3n) is 2.38. The summed E-state index contributed by atoms with van der Waals surface area (Å²) in [4.78, 5) is 12.5. The molecule has 17 heavy (non-hydrogen) atoms. The molecule has 0 spiro atoms. The Labute approximate surface area is 109 Å². The van der Waals surface area contributed by atoms with E-state index in [1.165, 1.54) is 11.3 Å². The van der Waals surface area contributed by atoms with Crippen molar-refractivity contribution in [3.8, 4) is 0 Å². The molecule has 0 saturated carbocycles. The molecule has 2 rings (SSSR count). The van der Waals surface area contributed by atoms with Crippen LogP contribution in [0, 0.1) is 0 Å². The monoisotopic (exact) mass is 265 g/mol. The van der Waals surface area contributed by atoms with Crippen molar-refractivity contribution in [1.29, 1.82) is 0 Å². The third-order valence-corrected chi connectivity index (χ3v) is 4.05. The van der Waals surface area contributed by atoms with Gasteiger partial charge in [0.25, 0.3) is 5.91 Å². The molecule has 0 unspecified atom stereocenters. The van der Waals surface area contributed by atoms with E-state index in [4.69, 9.17) is 11.6 Å². The van der Waals surface area contributed by atoms with Crippen molar-refractivity contribution >= 4 is 38.9 Å². The zero-order chi connectivity index (χ0) is 12.3. The van der Waals surface area contributed by atoms with E-state index in [2.05, 4.69) is 11.9 Å². The minimum absolute atomic E-state index is 0.113. The number of carbonyl (C=O) groups excluding carboxylic acids is 1. The van der Waals surface area contributed by atoms with Gasteiger partial charge >= 0.3 is 0 Å². The summed E-state index contributed by atoms with van der Waals surface area (Å²) in [5.41, 5.74) is 0. The number of carbonyl (C=O) groups is 1. The maximum atomic E-state index is 11.9. The molecule has 2 nitrogen and oxygen atoms in total. The molecule has 1 N–H and O–H groups in total. The summed E-state index contributed by atoms with van der Waals surface area (Å²) in [6.07, 6.45) is 2.53. The first-order chi connectivity index (χ1) is 8.24. The summed E-state index contributed by atoms with van der Waals surface area (Å²) in [5.74, 6) is -0.113. The van der Waals surface area contributed by atoms with Gasteiger partial charge in [0.15, 0.2) is 0 Å². The minimum Gasteiger partial charge on any atom is -0.351 e. The van der Waals surface area contributed by atoms with Crippen LogP contribution in [0.3, 0.4) is 0 Å². The predicted molar refractivity (Wildman–Crippen MR) is 74.0 cm³/mol. The molecule has 0 atom stereocenters. The van der Waals surface area contributed by atoms with E-state index in [1.54, 1.807) is 6.08 Å². The van der Waals surface area contributed by atoms with Crippen molar-refractivity contribution in [3.05, 3.63) is 46.8 Å². The van der Waals surface area contributed by atoms with Crippen molar-refractivity contribution in [2.75, 3.05) is 6.54 Å². The van der Waals surface area contributed by atoms with Crippen LogP contribution < -0.4 is 5.32 Å². The van der Waals surface area contributed by atoms with Crippen LogP contribution in [0.15, 0.2) is 36.9 Å². The quantitative estimate of drug-likeness (QED) is 0.660. The Bertz CT molecular complexity index is 562. The molecule has 1 amide bonds. The molecule has 1 aromatic carbocycles. The first-order valence-electron chi connectivity index (χ1n) is 5.30. The molecule has 0 radical (unpaired) electrons. The van der Waals surface area contributed by atoms with Crippen molar-refractivity contribution < 1.29 is 4.79 Å². The van der Waals surface area contributed by atoms with Gasteiger partial charge in [-0.2, -0.15) is 0 Å². The zero-order valence-electron chi connectivity index (χ0n) is 9.20. The fourth-order valence-corrected chi connectivity index (χ4v) is 2.96. The third kappa shape index (κ3) is 2.51. The summed E-state index contributed by atoms with van der Waals surface area (Å²) < 4.78 is 1.03. The molecule has 4 heteroatoms. The van der Waals surface area contributed by atoms with Gasteiger partial charge < -0.3 is 5.32 Å². The Balaban J connectivity index is 2.26. The van der Waals surface area contributed by atoms with Gasteiger partial charge in [-0.05, 0) is 12.5 Å². The average molecular weight is 266 g/mol. The van der Waals surface area contributed by atoms with Crippen molar-refractivity contribution in [2.45, 2.75) is 6.42 Å². The number of fused-ring (bicyclic) bond motifs is 1. The Morgan fingerprint density at radius 1 is 1.47 bits per heavy atom. The van der Waals surface area contributed by atoms with Gasteiger partial charge in [-0.1, -0.05) is 35.9 Å². The fraction of sp³-hybridized carbons (Fsp3) is 0.154. The number of nitrogens with one attached hydrogen (secondary N) is 1. The maximum Gasteiger partial charge on any atom is 0.262 e. The van der Waals surface area contributed by atoms with Crippen LogP contribution in [0.25, 0.3) is 10.1 Å². The molecule has 2 aromatic rings. The molecule has 1 heterocycles. The number of hydrogen-bond acceptors (Lipinski definition) is 2. The van der Waals surface area contributed by atoms with E-state index in [9.17, 15) is 4.79 Å². The van der Waals surface area contributed by atoms with Gasteiger partial charge in [-0.15, -0.1) is 17.9 Å². The second-order valence-electron chi connectivity index (χ2n) is 3.57. The Morgan fingerprint density at radius 3 is 2.94 bits per heavy atom. The van der Waals surface area contributed by atoms with Crippen LogP contribution >= 0.6 is 22.9 Å². The van der Waals surface area contributed by atoms with Crippen molar-refractivity contribution in [1.82, 2.24) is 5.32 Å². The summed E-state index contributed by atoms with van der Waals surface area (Å²) in [6, 6.07) is 7.75. The van der Waals surface area contributed by atoms with E-state index in [0.29, 0.717) is 16.4 Å². The first kappa shape index (κ1) is 12.1. The topological polar surface area (TPSA) is 29.1 Å². The summed E-state index contributed by atoms with van der Waals surface area (Å²) in [7, 11) is 0. The van der Waals surface area contributed by atoms with Gasteiger partial charge in [-0.25, -0.2) is 0 Å². The lowest BCUT2D eigenvalue weighted by molar-refractivity contribution is 0.0958. The van der Waals surface area contributed by atoms with Crippen LogP contribution in [0.2, 0.25) is 5.02 Å². The van der Waals surface area contributed by atoms with Crippen LogP contribution in [0.1, 0.15) is 16.1 Å². The highest BCUT2D eigenvalue weighted by atomic mass is 35.5. The molecule has 88 valence electrons. The van der Waals surface area contributed by atoms with Gasteiger partial charge in [0.05, 0.1) is 5.02 Å². The highest BCUT2D eigenvalue weighted by Crippen LogP contribution is 2.34. The van der Waals surface area contributed by atoms with Crippen LogP contribution in [-0.4, -0.2) is 12.5 Å². The molecular formula is C13H12ClNOS. The zero-order valence-corrected chi connectivity index (χ0v) is 10.8. The predicted octanol–water partition coefficient (Wildman–Crippen LogP) is 3.86. The standard InChI is InChI=1S/C13H12ClNOS/c1-2-3-8-15-13(16)12-11(14)9-6-4-5-7-10(9)17-12/h2,4-7H,1,3,8H2,(H,15,16). The van der Waals surface area contributed by atoms with Gasteiger partial charge in [0.1, 0.15) is 4.88 Å². The Kier molecular flexibility index (Phi) is 3.82. The number of amides is 1. The molecular weight excluding hydrogens is 254 g/mol. The second kappa shape index (κ2) is 5.34. The molecule has 0 fully saturated rings. The highest BCUT2D eigenvalue weighted by molar-refractivity contribution is 7.21. The van der Waals surface area contributed by atoms with E-state index in [-0.39, 0.29) is 5.91 Å². The van der Waals surface area contributed by atoms with Crippen molar-refractivity contribution in [3.63, 3.8) is 0 Å². The maximum absolute atomic E-state index is 11.9. The Hall–Kier alpha value is -1.32. The van der Waals surface area contributed by atoms with E-state index in [1.807, 2.05) is 24.3 Å². The smallest absolute Gasteiger partial charge is 0.262 e. The second-order valence-corrected chi connectivity index (χ2v) is 5.00. The van der Waals surface area contributed by atoms with E-state index in [0.717, 1.165) is 16.5 Å². The first-order valence-corrected chi connectivity index (χ1v) is 6.49. The van der Waals surface area contributed by atoms with Gasteiger partial charge in [0.2, 0.25) is 0 Å². The molecule has 0 saturated heterocycles. The van der Waals surface area contributed by atoms with E-state index >= 15 is 0 Å². The van der Waals surface area contributed by atoms with Crippen LogP contribution in [0.5, 0.6) is 0 Å². The van der Waals surface area contributed by atoms with Crippen LogP contribution in [-0.2, 0) is 0 Å². The molecule has 0 bridgehead atoms.